The molecule has 0 radical (unpaired) electrons. The smallest absolute Gasteiger partial charge is 0.387 e. The van der Waals surface area contributed by atoms with Crippen molar-refractivity contribution in [3.05, 3.63) is 29.6 Å². The maximum Gasteiger partial charge on any atom is 0.387 e. The summed E-state index contributed by atoms with van der Waals surface area (Å²) in [7, 11) is 0. The van der Waals surface area contributed by atoms with Crippen molar-refractivity contribution in [1.82, 2.24) is 10.2 Å². The summed E-state index contributed by atoms with van der Waals surface area (Å²) in [4.78, 5) is 14.4. The van der Waals surface area contributed by atoms with E-state index in [1.807, 2.05) is 13.8 Å². The number of morpholine rings is 1. The van der Waals surface area contributed by atoms with E-state index in [0.717, 1.165) is 24.7 Å². The highest BCUT2D eigenvalue weighted by Crippen LogP contribution is 2.22. The topological polar surface area (TPSA) is 50.8 Å². The van der Waals surface area contributed by atoms with Crippen LogP contribution >= 0.6 is 0 Å². The minimum Gasteiger partial charge on any atom is -0.434 e. The number of benzene rings is 1. The van der Waals surface area contributed by atoms with E-state index in [2.05, 4.69) is 15.0 Å². The lowest BCUT2D eigenvalue weighted by atomic mass is 10.1. The summed E-state index contributed by atoms with van der Waals surface area (Å²) < 4.78 is 47.6. The van der Waals surface area contributed by atoms with Crippen molar-refractivity contribution in [1.29, 1.82) is 0 Å². The Morgan fingerprint density at radius 2 is 2.25 bits per heavy atom. The van der Waals surface area contributed by atoms with Crippen molar-refractivity contribution in [3.63, 3.8) is 0 Å². The standard InChI is InChI=1S/C16H21F3N2O3/c1-10(21-5-6-23-9-11(21)2)8-20-15(22)13-4-3-12(17)7-14(13)24-16(18)19/h3-4,7,10-11,16H,5-6,8-9H2,1-2H3,(H,20,22)/t10-,11-/m0/s1. The molecule has 0 saturated carbocycles. The van der Waals surface area contributed by atoms with Gasteiger partial charge < -0.3 is 14.8 Å². The van der Waals surface area contributed by atoms with Gasteiger partial charge in [-0.25, -0.2) is 4.39 Å². The number of hydrogen-bond acceptors (Lipinski definition) is 4. The number of alkyl halides is 2. The van der Waals surface area contributed by atoms with Gasteiger partial charge in [0.05, 0.1) is 18.8 Å². The first kappa shape index (κ1) is 18.5. The third kappa shape index (κ3) is 4.85. The van der Waals surface area contributed by atoms with Gasteiger partial charge in [0, 0.05) is 31.2 Å². The number of nitrogens with one attached hydrogen (secondary N) is 1. The number of halogens is 3. The van der Waals surface area contributed by atoms with Gasteiger partial charge in [-0.2, -0.15) is 8.78 Å². The Bertz CT molecular complexity index is 571. The Kier molecular flexibility index (Phi) is 6.44. The van der Waals surface area contributed by atoms with E-state index >= 15 is 0 Å². The van der Waals surface area contributed by atoms with Crippen LogP contribution in [0.1, 0.15) is 24.2 Å². The Morgan fingerprint density at radius 1 is 1.50 bits per heavy atom. The zero-order valence-electron chi connectivity index (χ0n) is 13.6. The molecular formula is C16H21F3N2O3. The molecule has 0 aliphatic carbocycles. The number of rotatable bonds is 6. The number of carbonyl (C=O) groups excluding carboxylic acids is 1. The summed E-state index contributed by atoms with van der Waals surface area (Å²) in [6.07, 6.45) is 0. The minimum atomic E-state index is -3.13. The fraction of sp³-hybridized carbons (Fsp3) is 0.562. The van der Waals surface area contributed by atoms with E-state index in [-0.39, 0.29) is 17.6 Å². The van der Waals surface area contributed by atoms with Crippen molar-refractivity contribution in [3.8, 4) is 5.75 Å². The van der Waals surface area contributed by atoms with E-state index < -0.39 is 24.1 Å². The van der Waals surface area contributed by atoms with Crippen molar-refractivity contribution in [2.24, 2.45) is 0 Å². The van der Waals surface area contributed by atoms with E-state index in [9.17, 15) is 18.0 Å². The van der Waals surface area contributed by atoms with Gasteiger partial charge in [-0.1, -0.05) is 0 Å². The van der Waals surface area contributed by atoms with Crippen molar-refractivity contribution < 1.29 is 27.4 Å². The first-order chi connectivity index (χ1) is 11.4. The molecule has 2 atom stereocenters. The van der Waals surface area contributed by atoms with Gasteiger partial charge >= 0.3 is 6.61 Å². The second-order valence-corrected chi connectivity index (χ2v) is 5.74. The van der Waals surface area contributed by atoms with Crippen LogP contribution in [0, 0.1) is 5.82 Å². The number of carbonyl (C=O) groups is 1. The van der Waals surface area contributed by atoms with Crippen molar-refractivity contribution >= 4 is 5.91 Å². The molecule has 1 fully saturated rings. The van der Waals surface area contributed by atoms with E-state index in [1.165, 1.54) is 0 Å². The molecule has 0 unspecified atom stereocenters. The van der Waals surface area contributed by atoms with Crippen LogP contribution in [0.3, 0.4) is 0 Å². The lowest BCUT2D eigenvalue weighted by molar-refractivity contribution is -0.0503. The van der Waals surface area contributed by atoms with Crippen LogP contribution in [-0.4, -0.2) is 55.8 Å². The third-order valence-corrected chi connectivity index (χ3v) is 3.95. The average Bonchev–Trinajstić information content (AvgIpc) is 2.52. The van der Waals surface area contributed by atoms with Crippen LogP contribution in [-0.2, 0) is 4.74 Å². The highest BCUT2D eigenvalue weighted by atomic mass is 19.3. The Balaban J connectivity index is 1.99. The normalized spacial score (nSPS) is 20.0. The molecule has 0 bridgehead atoms. The molecule has 1 aliphatic heterocycles. The van der Waals surface area contributed by atoms with Gasteiger partial charge in [0.2, 0.25) is 0 Å². The monoisotopic (exact) mass is 346 g/mol. The highest BCUT2D eigenvalue weighted by molar-refractivity contribution is 5.96. The molecule has 1 N–H and O–H groups in total. The van der Waals surface area contributed by atoms with Crippen molar-refractivity contribution in [2.45, 2.75) is 32.5 Å². The van der Waals surface area contributed by atoms with Crippen molar-refractivity contribution in [2.75, 3.05) is 26.3 Å². The summed E-state index contributed by atoms with van der Waals surface area (Å²) in [5, 5.41) is 2.68. The first-order valence-electron chi connectivity index (χ1n) is 7.74. The van der Waals surface area contributed by atoms with Crippen LogP contribution in [0.25, 0.3) is 0 Å². The van der Waals surface area contributed by atoms with Gasteiger partial charge in [-0.3, -0.25) is 9.69 Å². The SMILES string of the molecule is C[C@@H](CNC(=O)c1ccc(F)cc1OC(F)F)N1CCOC[C@@H]1C. The average molecular weight is 346 g/mol. The zero-order chi connectivity index (χ0) is 17.7. The maximum atomic E-state index is 13.2. The molecule has 1 heterocycles. The van der Waals surface area contributed by atoms with Gasteiger partial charge in [-0.15, -0.1) is 0 Å². The van der Waals surface area contributed by atoms with E-state index in [4.69, 9.17) is 4.74 Å². The summed E-state index contributed by atoms with van der Waals surface area (Å²) in [5.41, 5.74) is -0.126. The molecule has 134 valence electrons. The molecular weight excluding hydrogens is 325 g/mol. The molecule has 24 heavy (non-hydrogen) atoms. The summed E-state index contributed by atoms with van der Waals surface area (Å²) in [5.74, 6) is -1.81. The molecule has 0 spiro atoms. The fourth-order valence-corrected chi connectivity index (χ4v) is 2.72. The summed E-state index contributed by atoms with van der Waals surface area (Å²) in [6, 6.07) is 3.21. The summed E-state index contributed by atoms with van der Waals surface area (Å²) >= 11 is 0. The fourth-order valence-electron chi connectivity index (χ4n) is 2.72. The number of ether oxygens (including phenoxy) is 2. The number of amides is 1. The molecule has 1 aliphatic rings. The molecule has 8 heteroatoms. The lowest BCUT2D eigenvalue weighted by Gasteiger charge is -2.37. The second kappa shape index (κ2) is 8.34. The molecule has 2 rings (SSSR count). The molecule has 0 aromatic heterocycles. The van der Waals surface area contributed by atoms with Crippen LogP contribution in [0.15, 0.2) is 18.2 Å². The minimum absolute atomic E-state index is 0.0489. The van der Waals surface area contributed by atoms with Crippen LogP contribution in [0.4, 0.5) is 13.2 Å². The van der Waals surface area contributed by atoms with Gasteiger partial charge in [0.15, 0.2) is 0 Å². The Labute approximate surface area is 138 Å². The third-order valence-electron chi connectivity index (χ3n) is 3.95. The second-order valence-electron chi connectivity index (χ2n) is 5.74. The number of hydrogen-bond donors (Lipinski definition) is 1. The van der Waals surface area contributed by atoms with Crippen LogP contribution < -0.4 is 10.1 Å². The van der Waals surface area contributed by atoms with Gasteiger partial charge in [0.1, 0.15) is 11.6 Å². The first-order valence-corrected chi connectivity index (χ1v) is 7.74. The Hall–Kier alpha value is -1.80. The highest BCUT2D eigenvalue weighted by Gasteiger charge is 2.24. The number of nitrogens with zero attached hydrogens (tertiary/aromatic N) is 1. The summed E-state index contributed by atoms with van der Waals surface area (Å²) in [6.45, 7) is 3.21. The van der Waals surface area contributed by atoms with E-state index in [0.29, 0.717) is 19.8 Å². The Morgan fingerprint density at radius 3 is 2.92 bits per heavy atom. The predicted octanol–water partition coefficient (Wildman–Crippen LogP) is 2.27. The lowest BCUT2D eigenvalue weighted by Crippen LogP contribution is -2.51. The molecule has 1 amide bonds. The van der Waals surface area contributed by atoms with Crippen LogP contribution in [0.2, 0.25) is 0 Å². The van der Waals surface area contributed by atoms with Gasteiger partial charge in [-0.05, 0) is 26.0 Å². The quantitative estimate of drug-likeness (QED) is 0.859. The predicted molar refractivity (Wildman–Crippen MR) is 81.8 cm³/mol. The van der Waals surface area contributed by atoms with Crippen LogP contribution in [0.5, 0.6) is 5.75 Å². The molecule has 5 nitrogen and oxygen atoms in total. The van der Waals surface area contributed by atoms with E-state index in [1.54, 1.807) is 0 Å². The molecule has 1 saturated heterocycles. The largest absolute Gasteiger partial charge is 0.434 e. The zero-order valence-corrected chi connectivity index (χ0v) is 13.6. The molecule has 1 aromatic rings. The maximum absolute atomic E-state index is 13.2. The van der Waals surface area contributed by atoms with Gasteiger partial charge in [0.25, 0.3) is 5.91 Å². The molecule has 1 aromatic carbocycles.